The minimum absolute atomic E-state index is 0.138. The Balaban J connectivity index is 1.64. The number of aromatic nitrogens is 1. The second-order valence-electron chi connectivity index (χ2n) is 4.89. The highest BCUT2D eigenvalue weighted by Gasteiger charge is 2.11. The van der Waals surface area contributed by atoms with Gasteiger partial charge in [-0.15, -0.1) is 0 Å². The molecule has 0 fully saturated rings. The minimum atomic E-state index is -0.138. The van der Waals surface area contributed by atoms with E-state index in [4.69, 9.17) is 9.78 Å². The number of amides is 1. The highest BCUT2D eigenvalue weighted by Crippen LogP contribution is 2.18. The van der Waals surface area contributed by atoms with E-state index in [-0.39, 0.29) is 12.3 Å². The second-order valence-corrected chi connectivity index (χ2v) is 4.89. The lowest BCUT2D eigenvalue weighted by molar-refractivity contribution is -0.120. The largest absolute Gasteiger partial charge is 0.356 e. The predicted octanol–water partition coefficient (Wildman–Crippen LogP) is 2.56. The summed E-state index contributed by atoms with van der Waals surface area (Å²) in [6.07, 6.45) is 0.162. The third-order valence-electron chi connectivity index (χ3n) is 3.33. The lowest BCUT2D eigenvalue weighted by atomic mass is 10.1. The molecule has 5 heteroatoms. The van der Waals surface area contributed by atoms with Crippen molar-refractivity contribution < 1.29 is 9.32 Å². The number of nitrogens with zero attached hydrogens (tertiary/aromatic N) is 2. The first kappa shape index (κ1) is 13.8. The van der Waals surface area contributed by atoms with Gasteiger partial charge in [0, 0.05) is 11.9 Å². The highest BCUT2D eigenvalue weighted by molar-refractivity contribution is 5.86. The topological polar surface area (TPSA) is 78.9 Å². The Hall–Kier alpha value is -3.13. The third kappa shape index (κ3) is 2.96. The first-order chi connectivity index (χ1) is 10.8. The van der Waals surface area contributed by atoms with Gasteiger partial charge in [-0.3, -0.25) is 4.79 Å². The van der Waals surface area contributed by atoms with Gasteiger partial charge >= 0.3 is 0 Å². The van der Waals surface area contributed by atoms with Gasteiger partial charge in [0.2, 0.25) is 5.91 Å². The number of fused-ring (bicyclic) bond motifs is 1. The summed E-state index contributed by atoms with van der Waals surface area (Å²) in [7, 11) is 0. The summed E-state index contributed by atoms with van der Waals surface area (Å²) in [4.78, 5) is 12.0. The van der Waals surface area contributed by atoms with Gasteiger partial charge in [-0.2, -0.15) is 5.26 Å². The van der Waals surface area contributed by atoms with Gasteiger partial charge in [-0.25, -0.2) is 0 Å². The Morgan fingerprint density at radius 2 is 2.09 bits per heavy atom. The zero-order valence-electron chi connectivity index (χ0n) is 11.7. The molecule has 1 N–H and O–H groups in total. The van der Waals surface area contributed by atoms with Gasteiger partial charge in [0.05, 0.1) is 18.1 Å². The van der Waals surface area contributed by atoms with Crippen molar-refractivity contribution in [3.8, 4) is 6.07 Å². The fraction of sp³-hybridized carbons (Fsp3) is 0.118. The van der Waals surface area contributed by atoms with E-state index < -0.39 is 0 Å². The van der Waals surface area contributed by atoms with E-state index in [0.717, 1.165) is 10.9 Å². The summed E-state index contributed by atoms with van der Waals surface area (Å²) in [5.74, 6) is -0.138. The van der Waals surface area contributed by atoms with Crippen molar-refractivity contribution in [2.75, 3.05) is 0 Å². The van der Waals surface area contributed by atoms with Gasteiger partial charge in [0.15, 0.2) is 5.58 Å². The zero-order valence-corrected chi connectivity index (χ0v) is 11.7. The molecule has 0 saturated heterocycles. The van der Waals surface area contributed by atoms with E-state index in [1.54, 1.807) is 18.2 Å². The van der Waals surface area contributed by atoms with Crippen molar-refractivity contribution in [1.29, 1.82) is 5.26 Å². The van der Waals surface area contributed by atoms with Crippen LogP contribution in [0.2, 0.25) is 0 Å². The highest BCUT2D eigenvalue weighted by atomic mass is 16.5. The molecule has 22 heavy (non-hydrogen) atoms. The molecular weight excluding hydrogens is 278 g/mol. The van der Waals surface area contributed by atoms with Crippen LogP contribution in [0, 0.1) is 11.3 Å². The van der Waals surface area contributed by atoms with E-state index in [1.165, 1.54) is 0 Å². The molecule has 1 aromatic heterocycles. The third-order valence-corrected chi connectivity index (χ3v) is 3.33. The SMILES string of the molecule is N#Cc1cccc(CNC(=O)Cc2noc3ccccc23)c1. The molecule has 0 unspecified atom stereocenters. The molecule has 2 aromatic carbocycles. The maximum atomic E-state index is 12.0. The fourth-order valence-corrected chi connectivity index (χ4v) is 2.23. The Morgan fingerprint density at radius 3 is 2.95 bits per heavy atom. The first-order valence-corrected chi connectivity index (χ1v) is 6.85. The van der Waals surface area contributed by atoms with Crippen molar-refractivity contribution in [2.24, 2.45) is 0 Å². The van der Waals surface area contributed by atoms with Crippen molar-refractivity contribution in [3.63, 3.8) is 0 Å². The lowest BCUT2D eigenvalue weighted by Gasteiger charge is -2.04. The molecule has 0 radical (unpaired) electrons. The average molecular weight is 291 g/mol. The Kier molecular flexibility index (Phi) is 3.84. The van der Waals surface area contributed by atoms with Crippen LogP contribution in [0.25, 0.3) is 11.0 Å². The maximum Gasteiger partial charge on any atom is 0.226 e. The summed E-state index contributed by atoms with van der Waals surface area (Å²) < 4.78 is 5.18. The number of hydrogen-bond acceptors (Lipinski definition) is 4. The van der Waals surface area contributed by atoms with Crippen molar-refractivity contribution in [2.45, 2.75) is 13.0 Å². The molecule has 0 aliphatic carbocycles. The van der Waals surface area contributed by atoms with E-state index in [9.17, 15) is 4.79 Å². The smallest absolute Gasteiger partial charge is 0.226 e. The number of para-hydroxylation sites is 1. The average Bonchev–Trinajstić information content (AvgIpc) is 2.96. The van der Waals surface area contributed by atoms with Crippen LogP contribution in [-0.2, 0) is 17.8 Å². The van der Waals surface area contributed by atoms with Crippen LogP contribution in [-0.4, -0.2) is 11.1 Å². The Labute approximate surface area is 127 Å². The monoisotopic (exact) mass is 291 g/mol. The van der Waals surface area contributed by atoms with E-state index in [2.05, 4.69) is 16.5 Å². The molecule has 1 amide bonds. The molecule has 0 spiro atoms. The van der Waals surface area contributed by atoms with Crippen LogP contribution < -0.4 is 5.32 Å². The lowest BCUT2D eigenvalue weighted by Crippen LogP contribution is -2.24. The first-order valence-electron chi connectivity index (χ1n) is 6.85. The van der Waals surface area contributed by atoms with Gasteiger partial charge < -0.3 is 9.84 Å². The molecule has 0 aliphatic heterocycles. The number of carbonyl (C=O) groups is 1. The normalized spacial score (nSPS) is 10.3. The Bertz CT molecular complexity index is 861. The van der Waals surface area contributed by atoms with Crippen LogP contribution in [0.4, 0.5) is 0 Å². The van der Waals surface area contributed by atoms with Gasteiger partial charge in [-0.1, -0.05) is 29.4 Å². The molecule has 5 nitrogen and oxygen atoms in total. The zero-order chi connectivity index (χ0) is 15.4. The van der Waals surface area contributed by atoms with Crippen LogP contribution in [0.5, 0.6) is 0 Å². The molecule has 3 rings (SSSR count). The van der Waals surface area contributed by atoms with Crippen LogP contribution in [0.3, 0.4) is 0 Å². The summed E-state index contributed by atoms with van der Waals surface area (Å²) in [5, 5.41) is 16.5. The number of carbonyl (C=O) groups excluding carboxylic acids is 1. The number of rotatable bonds is 4. The molecule has 3 aromatic rings. The molecule has 0 atom stereocenters. The quantitative estimate of drug-likeness (QED) is 0.801. The van der Waals surface area contributed by atoms with Crippen molar-refractivity contribution >= 4 is 16.9 Å². The van der Waals surface area contributed by atoms with E-state index >= 15 is 0 Å². The molecule has 0 saturated carbocycles. The molecule has 108 valence electrons. The maximum absolute atomic E-state index is 12.0. The van der Waals surface area contributed by atoms with Crippen molar-refractivity contribution in [1.82, 2.24) is 10.5 Å². The number of nitriles is 1. The molecular formula is C17H13N3O2. The summed E-state index contributed by atoms with van der Waals surface area (Å²) >= 11 is 0. The summed E-state index contributed by atoms with van der Waals surface area (Å²) in [5.41, 5.74) is 2.76. The van der Waals surface area contributed by atoms with Gasteiger partial charge in [0.25, 0.3) is 0 Å². The predicted molar refractivity (Wildman–Crippen MR) is 80.7 cm³/mol. The van der Waals surface area contributed by atoms with Crippen LogP contribution in [0.15, 0.2) is 53.1 Å². The van der Waals surface area contributed by atoms with Crippen molar-refractivity contribution in [3.05, 3.63) is 65.4 Å². The standard InChI is InChI=1S/C17H13N3O2/c18-10-12-4-3-5-13(8-12)11-19-17(21)9-15-14-6-1-2-7-16(14)22-20-15/h1-8H,9,11H2,(H,19,21). The summed E-state index contributed by atoms with van der Waals surface area (Å²) in [6.45, 7) is 0.379. The van der Waals surface area contributed by atoms with E-state index in [1.807, 2.05) is 30.3 Å². The van der Waals surface area contributed by atoms with Crippen LogP contribution in [0.1, 0.15) is 16.8 Å². The molecule has 1 heterocycles. The van der Waals surface area contributed by atoms with Gasteiger partial charge in [0.1, 0.15) is 5.69 Å². The Morgan fingerprint density at radius 1 is 1.23 bits per heavy atom. The fourth-order valence-electron chi connectivity index (χ4n) is 2.23. The molecule has 0 aliphatic rings. The van der Waals surface area contributed by atoms with E-state index in [0.29, 0.717) is 23.4 Å². The van der Waals surface area contributed by atoms with Crippen LogP contribution >= 0.6 is 0 Å². The second kappa shape index (κ2) is 6.10. The number of nitrogens with one attached hydrogen (secondary N) is 1. The number of benzene rings is 2. The summed E-state index contributed by atoms with van der Waals surface area (Å²) in [6, 6.07) is 16.7. The minimum Gasteiger partial charge on any atom is -0.356 e. The van der Waals surface area contributed by atoms with Gasteiger partial charge in [-0.05, 0) is 29.8 Å². The molecule has 0 bridgehead atoms. The number of hydrogen-bond donors (Lipinski definition) is 1.